The highest BCUT2D eigenvalue weighted by Gasteiger charge is 2.22. The van der Waals surface area contributed by atoms with Gasteiger partial charge in [0.15, 0.2) is 0 Å². The average molecular weight is 447 g/mol. The molecule has 0 saturated heterocycles. The van der Waals surface area contributed by atoms with Crippen molar-refractivity contribution in [2.24, 2.45) is 0 Å². The summed E-state index contributed by atoms with van der Waals surface area (Å²) < 4.78 is 12.7. The van der Waals surface area contributed by atoms with Crippen LogP contribution in [0.3, 0.4) is 0 Å². The van der Waals surface area contributed by atoms with Crippen LogP contribution in [0, 0.1) is 0 Å². The van der Waals surface area contributed by atoms with Gasteiger partial charge < -0.3 is 8.83 Å². The van der Waals surface area contributed by atoms with Crippen molar-refractivity contribution in [2.45, 2.75) is 17.4 Å². The van der Waals surface area contributed by atoms with Crippen molar-refractivity contribution in [3.8, 4) is 21.5 Å². The number of hydrogen-bond acceptors (Lipinski definition) is 9. The molecular weight excluding hydrogens is 436 g/mol. The molecule has 0 aliphatic rings. The van der Waals surface area contributed by atoms with Crippen molar-refractivity contribution in [1.82, 2.24) is 20.4 Å². The molecule has 5 aromatic rings. The van der Waals surface area contributed by atoms with Crippen molar-refractivity contribution >= 4 is 56.1 Å². The molecule has 140 valence electrons. The van der Waals surface area contributed by atoms with Gasteiger partial charge in [0.2, 0.25) is 5.89 Å². The fourth-order valence-electron chi connectivity index (χ4n) is 2.60. The van der Waals surface area contributed by atoms with Crippen molar-refractivity contribution in [3.63, 3.8) is 0 Å². The standard InChI is InChI=1S/C18H11ClN4O2S3/c1-9(15-20-21-16(24-15)12-7-4-8-26-12)27-18-23-22-17(25-18)14-13(19)10-5-2-3-6-11(10)28-14/h2-9H,1H3. The van der Waals surface area contributed by atoms with Crippen LogP contribution < -0.4 is 0 Å². The lowest BCUT2D eigenvalue weighted by Gasteiger charge is -2.01. The maximum absolute atomic E-state index is 6.50. The lowest BCUT2D eigenvalue weighted by molar-refractivity contribution is 0.462. The van der Waals surface area contributed by atoms with E-state index in [1.807, 2.05) is 48.7 Å². The van der Waals surface area contributed by atoms with Crippen molar-refractivity contribution in [3.05, 3.63) is 52.7 Å². The fraction of sp³-hybridized carbons (Fsp3) is 0.111. The predicted molar refractivity (Wildman–Crippen MR) is 112 cm³/mol. The third-order valence-corrected chi connectivity index (χ3v) is 7.38. The summed E-state index contributed by atoms with van der Waals surface area (Å²) in [6.07, 6.45) is 0. The Morgan fingerprint density at radius 1 is 1.00 bits per heavy atom. The predicted octanol–water partition coefficient (Wildman–Crippen LogP) is 6.57. The van der Waals surface area contributed by atoms with Gasteiger partial charge in [-0.2, -0.15) is 0 Å². The summed E-state index contributed by atoms with van der Waals surface area (Å²) in [5.41, 5.74) is 0. The Labute approximate surface area is 176 Å². The molecular formula is C18H11ClN4O2S3. The van der Waals surface area contributed by atoms with Crippen molar-refractivity contribution < 1.29 is 8.83 Å². The quantitative estimate of drug-likeness (QED) is 0.282. The number of fused-ring (bicyclic) bond motifs is 1. The molecule has 4 heterocycles. The maximum Gasteiger partial charge on any atom is 0.277 e. The van der Waals surface area contributed by atoms with Gasteiger partial charge in [-0.1, -0.05) is 47.6 Å². The van der Waals surface area contributed by atoms with Gasteiger partial charge in [0, 0.05) is 10.1 Å². The molecule has 6 nitrogen and oxygen atoms in total. The molecule has 1 atom stereocenters. The summed E-state index contributed by atoms with van der Waals surface area (Å²) in [6, 6.07) is 11.8. The molecule has 28 heavy (non-hydrogen) atoms. The Hall–Kier alpha value is -2.20. The maximum atomic E-state index is 6.50. The molecule has 0 radical (unpaired) electrons. The van der Waals surface area contributed by atoms with E-state index in [1.165, 1.54) is 23.1 Å². The number of halogens is 1. The van der Waals surface area contributed by atoms with Gasteiger partial charge in [0.25, 0.3) is 17.0 Å². The molecule has 0 bridgehead atoms. The first-order chi connectivity index (χ1) is 13.7. The summed E-state index contributed by atoms with van der Waals surface area (Å²) in [5.74, 6) is 1.43. The second-order valence-corrected chi connectivity index (χ2v) is 9.47. The van der Waals surface area contributed by atoms with Crippen LogP contribution in [-0.4, -0.2) is 20.4 Å². The zero-order chi connectivity index (χ0) is 19.1. The molecule has 1 unspecified atom stereocenters. The first kappa shape index (κ1) is 17.9. The Morgan fingerprint density at radius 2 is 1.86 bits per heavy atom. The molecule has 5 rings (SSSR count). The zero-order valence-corrected chi connectivity index (χ0v) is 17.5. The number of nitrogens with zero attached hydrogens (tertiary/aromatic N) is 4. The van der Waals surface area contributed by atoms with Crippen LogP contribution in [-0.2, 0) is 0 Å². The van der Waals surface area contributed by atoms with E-state index >= 15 is 0 Å². The minimum absolute atomic E-state index is 0.132. The van der Waals surface area contributed by atoms with Gasteiger partial charge >= 0.3 is 0 Å². The highest BCUT2D eigenvalue weighted by Crippen LogP contribution is 2.43. The summed E-state index contributed by atoms with van der Waals surface area (Å²) >= 11 is 10.9. The first-order valence-corrected chi connectivity index (χ1v) is 11.2. The van der Waals surface area contributed by atoms with Crippen LogP contribution in [0.2, 0.25) is 5.02 Å². The monoisotopic (exact) mass is 446 g/mol. The van der Waals surface area contributed by atoms with Crippen molar-refractivity contribution in [2.75, 3.05) is 0 Å². The van der Waals surface area contributed by atoms with Gasteiger partial charge in [-0.15, -0.1) is 43.1 Å². The van der Waals surface area contributed by atoms with Gasteiger partial charge in [0.05, 0.1) is 15.1 Å². The Kier molecular flexibility index (Phi) is 4.67. The third-order valence-electron chi connectivity index (χ3n) is 3.93. The molecule has 10 heteroatoms. The Bertz CT molecular complexity index is 1240. The Morgan fingerprint density at radius 3 is 2.68 bits per heavy atom. The lowest BCUT2D eigenvalue weighted by Crippen LogP contribution is -1.88. The van der Waals surface area contributed by atoms with Crippen LogP contribution >= 0.6 is 46.0 Å². The summed E-state index contributed by atoms with van der Waals surface area (Å²) in [6.45, 7) is 1.95. The molecule has 4 aromatic heterocycles. The first-order valence-electron chi connectivity index (χ1n) is 8.24. The topological polar surface area (TPSA) is 77.8 Å². The SMILES string of the molecule is CC(Sc1nnc(-c2sc3ccccc3c2Cl)o1)c1nnc(-c2cccs2)o1. The molecule has 0 amide bonds. The minimum Gasteiger partial charge on any atom is -0.419 e. The largest absolute Gasteiger partial charge is 0.419 e. The Balaban J connectivity index is 1.37. The molecule has 0 fully saturated rings. The highest BCUT2D eigenvalue weighted by molar-refractivity contribution is 7.99. The van der Waals surface area contributed by atoms with E-state index in [4.69, 9.17) is 20.4 Å². The van der Waals surface area contributed by atoms with E-state index < -0.39 is 0 Å². The second-order valence-electron chi connectivity index (χ2n) is 5.80. The summed E-state index contributed by atoms with van der Waals surface area (Å²) in [4.78, 5) is 1.71. The summed E-state index contributed by atoms with van der Waals surface area (Å²) in [7, 11) is 0. The van der Waals surface area contributed by atoms with E-state index in [2.05, 4.69) is 20.4 Å². The highest BCUT2D eigenvalue weighted by atomic mass is 35.5. The van der Waals surface area contributed by atoms with Crippen LogP contribution in [0.4, 0.5) is 0 Å². The van der Waals surface area contributed by atoms with Gasteiger partial charge in [0.1, 0.15) is 4.88 Å². The number of thiophene rings is 2. The van der Waals surface area contributed by atoms with Gasteiger partial charge in [-0.05, 0) is 24.4 Å². The number of hydrogen-bond donors (Lipinski definition) is 0. The number of rotatable bonds is 5. The van der Waals surface area contributed by atoms with E-state index in [0.717, 1.165) is 19.8 Å². The number of thioether (sulfide) groups is 1. The van der Waals surface area contributed by atoms with E-state index in [-0.39, 0.29) is 5.25 Å². The molecule has 0 aliphatic heterocycles. The third kappa shape index (κ3) is 3.24. The van der Waals surface area contributed by atoms with Crippen LogP contribution in [0.5, 0.6) is 0 Å². The van der Waals surface area contributed by atoms with Crippen LogP contribution in [0.15, 0.2) is 55.8 Å². The van der Waals surface area contributed by atoms with Crippen LogP contribution in [0.1, 0.15) is 18.1 Å². The smallest absolute Gasteiger partial charge is 0.277 e. The number of benzene rings is 1. The molecule has 0 aliphatic carbocycles. The van der Waals surface area contributed by atoms with E-state index in [9.17, 15) is 0 Å². The molecule has 0 saturated carbocycles. The lowest BCUT2D eigenvalue weighted by atomic mass is 10.2. The van der Waals surface area contributed by atoms with E-state index in [1.54, 1.807) is 11.3 Å². The zero-order valence-electron chi connectivity index (χ0n) is 14.3. The summed E-state index contributed by atoms with van der Waals surface area (Å²) in [5, 5.41) is 20.4. The fourth-order valence-corrected chi connectivity index (χ4v) is 5.39. The molecule has 1 aromatic carbocycles. The van der Waals surface area contributed by atoms with Crippen LogP contribution in [0.25, 0.3) is 31.6 Å². The van der Waals surface area contributed by atoms with E-state index in [0.29, 0.717) is 27.9 Å². The second kappa shape index (κ2) is 7.32. The van der Waals surface area contributed by atoms with Crippen molar-refractivity contribution in [1.29, 1.82) is 0 Å². The minimum atomic E-state index is -0.132. The normalized spacial score (nSPS) is 12.6. The molecule has 0 spiro atoms. The average Bonchev–Trinajstić information content (AvgIpc) is 3.49. The molecule has 0 N–H and O–H groups in total. The number of aromatic nitrogens is 4. The van der Waals surface area contributed by atoms with Gasteiger partial charge in [-0.25, -0.2) is 0 Å². The van der Waals surface area contributed by atoms with Gasteiger partial charge in [-0.3, -0.25) is 0 Å².